The van der Waals surface area contributed by atoms with Gasteiger partial charge in [0.25, 0.3) is 0 Å². The van der Waals surface area contributed by atoms with Crippen molar-refractivity contribution in [1.82, 2.24) is 5.32 Å². The van der Waals surface area contributed by atoms with Crippen molar-refractivity contribution < 1.29 is 32.6 Å². The van der Waals surface area contributed by atoms with Gasteiger partial charge in [0.2, 0.25) is 0 Å². The Morgan fingerprint density at radius 3 is 2.41 bits per heavy atom. The van der Waals surface area contributed by atoms with Gasteiger partial charge in [-0.25, -0.2) is 4.79 Å². The molecule has 144 valence electrons. The number of hydrogen-bond acceptors (Lipinski definition) is 3. The second-order valence-corrected chi connectivity index (χ2v) is 6.00. The van der Waals surface area contributed by atoms with E-state index in [0.717, 1.165) is 12.1 Å². The lowest BCUT2D eigenvalue weighted by Gasteiger charge is -2.20. The maximum atomic E-state index is 12.9. The van der Waals surface area contributed by atoms with E-state index in [-0.39, 0.29) is 17.2 Å². The summed E-state index contributed by atoms with van der Waals surface area (Å²) in [5.74, 6) is -1.32. The molecule has 2 aromatic carbocycles. The highest BCUT2D eigenvalue weighted by molar-refractivity contribution is 6.31. The van der Waals surface area contributed by atoms with Gasteiger partial charge in [0.15, 0.2) is 0 Å². The number of hydrogen-bond donors (Lipinski definition) is 2. The molecule has 0 unspecified atom stereocenters. The van der Waals surface area contributed by atoms with Gasteiger partial charge in [-0.1, -0.05) is 41.9 Å². The van der Waals surface area contributed by atoms with Crippen molar-refractivity contribution in [3.8, 4) is 0 Å². The number of carboxylic acid groups (broad SMARTS) is 1. The number of carbonyl (C=O) groups is 2. The molecular weight excluding hydrogens is 387 g/mol. The third kappa shape index (κ3) is 6.18. The van der Waals surface area contributed by atoms with E-state index in [1.807, 2.05) is 0 Å². The summed E-state index contributed by atoms with van der Waals surface area (Å²) in [6, 6.07) is 9.90. The quantitative estimate of drug-likeness (QED) is 0.729. The predicted molar refractivity (Wildman–Crippen MR) is 91.2 cm³/mol. The molecule has 0 aliphatic rings. The summed E-state index contributed by atoms with van der Waals surface area (Å²) in [5.41, 5.74) is -0.471. The average Bonchev–Trinajstić information content (AvgIpc) is 2.59. The lowest BCUT2D eigenvalue weighted by molar-refractivity contribution is -0.138. The molecule has 0 aliphatic carbocycles. The molecular formula is C18H15ClF3NO4. The molecule has 0 heterocycles. The van der Waals surface area contributed by atoms with Crippen LogP contribution in [0.4, 0.5) is 18.0 Å². The van der Waals surface area contributed by atoms with Crippen LogP contribution in [0.15, 0.2) is 48.5 Å². The fourth-order valence-corrected chi connectivity index (χ4v) is 2.56. The van der Waals surface area contributed by atoms with Crippen LogP contribution >= 0.6 is 11.6 Å². The summed E-state index contributed by atoms with van der Waals surface area (Å²) in [7, 11) is 0. The van der Waals surface area contributed by atoms with E-state index in [1.165, 1.54) is 0 Å². The van der Waals surface area contributed by atoms with Crippen LogP contribution in [0.3, 0.4) is 0 Å². The van der Waals surface area contributed by atoms with Crippen molar-refractivity contribution in [3.63, 3.8) is 0 Å². The predicted octanol–water partition coefficient (Wildman–Crippen LogP) is 4.80. The van der Waals surface area contributed by atoms with Crippen LogP contribution in [0.1, 0.15) is 29.2 Å². The molecule has 0 aromatic heterocycles. The number of carboxylic acids is 1. The minimum Gasteiger partial charge on any atom is -0.481 e. The Morgan fingerprint density at radius 2 is 1.81 bits per heavy atom. The number of nitrogens with one attached hydrogen (secondary N) is 1. The number of alkyl carbamates (subject to hydrolysis) is 1. The van der Waals surface area contributed by atoms with Gasteiger partial charge in [0, 0.05) is 5.02 Å². The smallest absolute Gasteiger partial charge is 0.416 e. The second kappa shape index (κ2) is 8.77. The minimum atomic E-state index is -4.64. The highest BCUT2D eigenvalue weighted by atomic mass is 35.5. The highest BCUT2D eigenvalue weighted by Gasteiger charge is 2.32. The molecule has 0 radical (unpaired) electrons. The Balaban J connectivity index is 2.17. The molecule has 2 rings (SSSR count). The van der Waals surface area contributed by atoms with Crippen LogP contribution in [0.2, 0.25) is 5.02 Å². The van der Waals surface area contributed by atoms with Gasteiger partial charge in [-0.05, 0) is 29.3 Å². The number of halogens is 4. The number of ether oxygens (including phenoxy) is 1. The zero-order valence-electron chi connectivity index (χ0n) is 13.8. The van der Waals surface area contributed by atoms with E-state index in [9.17, 15) is 22.8 Å². The third-order valence-electron chi connectivity index (χ3n) is 3.58. The van der Waals surface area contributed by atoms with Crippen molar-refractivity contribution in [2.75, 3.05) is 0 Å². The molecule has 0 saturated heterocycles. The summed E-state index contributed by atoms with van der Waals surface area (Å²) >= 11 is 5.93. The largest absolute Gasteiger partial charge is 0.481 e. The fraction of sp³-hybridized carbons (Fsp3) is 0.222. The molecule has 0 fully saturated rings. The molecule has 2 aromatic rings. The zero-order valence-corrected chi connectivity index (χ0v) is 14.6. The van der Waals surface area contributed by atoms with E-state index >= 15 is 0 Å². The Bertz CT molecular complexity index is 812. The number of alkyl halides is 3. The molecule has 0 spiro atoms. The monoisotopic (exact) mass is 401 g/mol. The molecule has 5 nitrogen and oxygen atoms in total. The lowest BCUT2D eigenvalue weighted by atomic mass is 10.0. The average molecular weight is 402 g/mol. The van der Waals surface area contributed by atoms with Crippen molar-refractivity contribution in [2.45, 2.75) is 25.2 Å². The first-order valence-electron chi connectivity index (χ1n) is 7.72. The number of aliphatic carboxylic acids is 1. The van der Waals surface area contributed by atoms with E-state index < -0.39 is 36.3 Å². The van der Waals surface area contributed by atoms with Crippen LogP contribution in [-0.2, 0) is 22.3 Å². The summed E-state index contributed by atoms with van der Waals surface area (Å²) in [6.07, 6.45) is -6.28. The SMILES string of the molecule is O=C(O)C[C@H](NC(=O)OCc1ccccc1)c1cc(C(F)(F)F)ccc1Cl. The molecule has 2 N–H and O–H groups in total. The van der Waals surface area contributed by atoms with Gasteiger partial charge in [-0.15, -0.1) is 0 Å². The van der Waals surface area contributed by atoms with Crippen molar-refractivity contribution in [2.24, 2.45) is 0 Å². The minimum absolute atomic E-state index is 0.0806. The first-order valence-corrected chi connectivity index (χ1v) is 8.10. The third-order valence-corrected chi connectivity index (χ3v) is 3.93. The Labute approximate surface area is 157 Å². The number of rotatable bonds is 6. The van der Waals surface area contributed by atoms with Crippen LogP contribution in [0, 0.1) is 0 Å². The van der Waals surface area contributed by atoms with E-state index in [2.05, 4.69) is 5.32 Å². The standard InChI is InChI=1S/C18H15ClF3NO4/c19-14-7-6-12(18(20,21)22)8-13(14)15(9-16(24)25)23-17(26)27-10-11-4-2-1-3-5-11/h1-8,15H,9-10H2,(H,23,26)(H,24,25)/t15-/m0/s1. The fourth-order valence-electron chi connectivity index (χ4n) is 2.31. The highest BCUT2D eigenvalue weighted by Crippen LogP contribution is 2.34. The topological polar surface area (TPSA) is 75.6 Å². The molecule has 0 saturated carbocycles. The molecule has 1 atom stereocenters. The van der Waals surface area contributed by atoms with Gasteiger partial charge in [0.1, 0.15) is 6.61 Å². The van der Waals surface area contributed by atoms with Gasteiger partial charge >= 0.3 is 18.2 Å². The summed E-state index contributed by atoms with van der Waals surface area (Å²) in [4.78, 5) is 23.1. The molecule has 0 aliphatic heterocycles. The second-order valence-electron chi connectivity index (χ2n) is 5.59. The van der Waals surface area contributed by atoms with Gasteiger partial charge in [-0.3, -0.25) is 4.79 Å². The van der Waals surface area contributed by atoms with E-state index in [4.69, 9.17) is 21.4 Å². The maximum absolute atomic E-state index is 12.9. The Morgan fingerprint density at radius 1 is 1.15 bits per heavy atom. The maximum Gasteiger partial charge on any atom is 0.416 e. The molecule has 27 heavy (non-hydrogen) atoms. The number of carbonyl (C=O) groups excluding carboxylic acids is 1. The summed E-state index contributed by atoms with van der Waals surface area (Å²) in [5, 5.41) is 11.2. The lowest BCUT2D eigenvalue weighted by Crippen LogP contribution is -2.31. The van der Waals surface area contributed by atoms with Gasteiger partial charge < -0.3 is 15.2 Å². The number of amides is 1. The van der Waals surface area contributed by atoms with E-state index in [0.29, 0.717) is 11.6 Å². The summed E-state index contributed by atoms with van der Waals surface area (Å²) < 4.78 is 43.8. The van der Waals surface area contributed by atoms with Crippen molar-refractivity contribution in [1.29, 1.82) is 0 Å². The number of benzene rings is 2. The van der Waals surface area contributed by atoms with Gasteiger partial charge in [-0.2, -0.15) is 13.2 Å². The first kappa shape index (κ1) is 20.6. The van der Waals surface area contributed by atoms with Gasteiger partial charge in [0.05, 0.1) is 18.0 Å². The van der Waals surface area contributed by atoms with Crippen LogP contribution in [0.25, 0.3) is 0 Å². The van der Waals surface area contributed by atoms with Crippen LogP contribution in [0.5, 0.6) is 0 Å². The molecule has 0 bridgehead atoms. The van der Waals surface area contributed by atoms with Crippen molar-refractivity contribution >= 4 is 23.7 Å². The molecule has 9 heteroatoms. The van der Waals surface area contributed by atoms with Crippen LogP contribution < -0.4 is 5.32 Å². The van der Waals surface area contributed by atoms with Crippen molar-refractivity contribution in [3.05, 3.63) is 70.2 Å². The Hall–Kier alpha value is -2.74. The normalized spacial score (nSPS) is 12.3. The Kier molecular flexibility index (Phi) is 6.68. The summed E-state index contributed by atoms with van der Waals surface area (Å²) in [6.45, 7) is -0.0806. The zero-order chi connectivity index (χ0) is 20.0. The molecule has 1 amide bonds. The van der Waals surface area contributed by atoms with Crippen LogP contribution in [-0.4, -0.2) is 17.2 Å². The first-order chi connectivity index (χ1) is 12.7. The van der Waals surface area contributed by atoms with E-state index in [1.54, 1.807) is 30.3 Å².